The van der Waals surface area contributed by atoms with E-state index in [1.54, 1.807) is 0 Å². The summed E-state index contributed by atoms with van der Waals surface area (Å²) in [5.74, 6) is 0.643. The van der Waals surface area contributed by atoms with Crippen molar-refractivity contribution in [3.05, 3.63) is 30.1 Å². The molecular weight excluding hydrogens is 395 g/mol. The topological polar surface area (TPSA) is 61.4 Å². The third-order valence-electron chi connectivity index (χ3n) is 5.08. The molecule has 1 amide bonds. The highest BCUT2D eigenvalue weighted by atomic mass is 35.5. The summed E-state index contributed by atoms with van der Waals surface area (Å²) >= 11 is 0. The molecule has 152 valence electrons. The van der Waals surface area contributed by atoms with Crippen LogP contribution in [0.15, 0.2) is 24.4 Å². The minimum absolute atomic E-state index is 0. The van der Waals surface area contributed by atoms with Crippen LogP contribution in [0, 0.1) is 0 Å². The van der Waals surface area contributed by atoms with E-state index in [-0.39, 0.29) is 29.9 Å². The zero-order valence-corrected chi connectivity index (χ0v) is 15.9. The maximum Gasteiger partial charge on any atom is 0.433 e. The average molecular weight is 416 g/mol. The van der Waals surface area contributed by atoms with Gasteiger partial charge in [0.05, 0.1) is 5.52 Å². The van der Waals surface area contributed by atoms with Crippen LogP contribution in [-0.4, -0.2) is 59.5 Å². The molecule has 28 heavy (non-hydrogen) atoms. The molecule has 10 heteroatoms. The van der Waals surface area contributed by atoms with E-state index >= 15 is 0 Å². The lowest BCUT2D eigenvalue weighted by atomic mass is 10.1. The molecule has 2 fully saturated rings. The molecule has 1 unspecified atom stereocenters. The second-order valence-corrected chi connectivity index (χ2v) is 6.88. The Labute approximate surface area is 166 Å². The highest BCUT2D eigenvalue weighted by molar-refractivity contribution is 5.90. The Morgan fingerprint density at radius 1 is 1.14 bits per heavy atom. The highest BCUT2D eigenvalue weighted by Crippen LogP contribution is 2.31. The molecule has 0 aliphatic carbocycles. The molecule has 1 atom stereocenters. The minimum Gasteiger partial charge on any atom is -0.353 e. The van der Waals surface area contributed by atoms with Crippen LogP contribution in [0.2, 0.25) is 0 Å². The number of carbonyl (C=O) groups is 1. The molecule has 0 radical (unpaired) electrons. The Balaban J connectivity index is 0.00000225. The summed E-state index contributed by atoms with van der Waals surface area (Å²) in [6.07, 6.45) is -0.968. The number of amides is 1. The fraction of sp³-hybridized carbons (Fsp3) is 0.500. The fourth-order valence-corrected chi connectivity index (χ4v) is 3.71. The van der Waals surface area contributed by atoms with Gasteiger partial charge in [0.25, 0.3) is 0 Å². The van der Waals surface area contributed by atoms with Crippen LogP contribution < -0.4 is 10.2 Å². The molecule has 2 saturated heterocycles. The second kappa shape index (κ2) is 8.08. The zero-order chi connectivity index (χ0) is 19.0. The Kier molecular flexibility index (Phi) is 5.95. The SMILES string of the molecule is Cl.O=C(C1CN(c2nccc3nc(C(F)(F)F)ccc23)CCN1)N1CCCC1. The number of halogens is 4. The van der Waals surface area contributed by atoms with Crippen molar-refractivity contribution in [3.8, 4) is 0 Å². The lowest BCUT2D eigenvalue weighted by Gasteiger charge is -2.35. The highest BCUT2D eigenvalue weighted by Gasteiger charge is 2.34. The van der Waals surface area contributed by atoms with Crippen molar-refractivity contribution in [1.82, 2.24) is 20.2 Å². The van der Waals surface area contributed by atoms with Crippen molar-refractivity contribution < 1.29 is 18.0 Å². The van der Waals surface area contributed by atoms with Gasteiger partial charge in [0.1, 0.15) is 17.6 Å². The van der Waals surface area contributed by atoms with E-state index in [1.807, 2.05) is 9.80 Å². The second-order valence-electron chi connectivity index (χ2n) is 6.88. The van der Waals surface area contributed by atoms with Gasteiger partial charge in [-0.15, -0.1) is 12.4 Å². The number of carbonyl (C=O) groups excluding carboxylic acids is 1. The Hall–Kier alpha value is -2.13. The lowest BCUT2D eigenvalue weighted by Crippen LogP contribution is -2.57. The van der Waals surface area contributed by atoms with E-state index in [0.717, 1.165) is 32.0 Å². The number of hydrogen-bond donors (Lipinski definition) is 1. The van der Waals surface area contributed by atoms with Crippen molar-refractivity contribution in [2.45, 2.75) is 25.1 Å². The normalized spacial score (nSPS) is 20.3. The number of anilines is 1. The molecule has 0 bridgehead atoms. The number of nitrogens with one attached hydrogen (secondary N) is 1. The van der Waals surface area contributed by atoms with Gasteiger partial charge in [0.15, 0.2) is 0 Å². The van der Waals surface area contributed by atoms with Gasteiger partial charge in [0.2, 0.25) is 5.91 Å². The van der Waals surface area contributed by atoms with Gasteiger partial charge in [0, 0.05) is 44.3 Å². The Morgan fingerprint density at radius 3 is 2.61 bits per heavy atom. The van der Waals surface area contributed by atoms with Gasteiger partial charge in [-0.2, -0.15) is 13.2 Å². The first kappa shape index (κ1) is 20.6. The third kappa shape index (κ3) is 4.00. The van der Waals surface area contributed by atoms with E-state index in [4.69, 9.17) is 0 Å². The molecular formula is C18H21ClF3N5O. The van der Waals surface area contributed by atoms with Crippen LogP contribution in [0.1, 0.15) is 18.5 Å². The molecule has 2 aromatic heterocycles. The van der Waals surface area contributed by atoms with Crippen molar-refractivity contribution in [2.75, 3.05) is 37.6 Å². The van der Waals surface area contributed by atoms with E-state index in [9.17, 15) is 18.0 Å². The quantitative estimate of drug-likeness (QED) is 0.816. The number of nitrogens with zero attached hydrogens (tertiary/aromatic N) is 4. The van der Waals surface area contributed by atoms with Crippen molar-refractivity contribution >= 4 is 35.0 Å². The van der Waals surface area contributed by atoms with Crippen LogP contribution in [0.25, 0.3) is 10.9 Å². The maximum atomic E-state index is 12.9. The standard InChI is InChI=1S/C18H20F3N5O.ClH/c19-18(20,21)15-4-3-12-13(24-15)5-6-23-16(12)26-10-7-22-14(11-26)17(27)25-8-1-2-9-25;/h3-6,14,22H,1-2,7-11H2;1H. The first-order valence-electron chi connectivity index (χ1n) is 9.03. The summed E-state index contributed by atoms with van der Waals surface area (Å²) in [6, 6.07) is 3.52. The number of pyridine rings is 2. The summed E-state index contributed by atoms with van der Waals surface area (Å²) in [5.41, 5.74) is -0.676. The summed E-state index contributed by atoms with van der Waals surface area (Å²) in [4.78, 5) is 24.6. The summed E-state index contributed by atoms with van der Waals surface area (Å²) in [5, 5.41) is 3.80. The molecule has 0 aromatic carbocycles. The molecule has 0 saturated carbocycles. The fourth-order valence-electron chi connectivity index (χ4n) is 3.71. The van der Waals surface area contributed by atoms with E-state index < -0.39 is 11.9 Å². The van der Waals surface area contributed by atoms with Gasteiger partial charge in [-0.1, -0.05) is 0 Å². The predicted molar refractivity (Wildman–Crippen MR) is 102 cm³/mol. The predicted octanol–water partition coefficient (Wildman–Crippen LogP) is 2.47. The molecule has 1 N–H and O–H groups in total. The molecule has 2 aliphatic rings. The van der Waals surface area contributed by atoms with Crippen molar-refractivity contribution in [2.24, 2.45) is 0 Å². The van der Waals surface area contributed by atoms with Gasteiger partial charge in [-0.05, 0) is 31.0 Å². The van der Waals surface area contributed by atoms with Crippen LogP contribution in [-0.2, 0) is 11.0 Å². The number of aromatic nitrogens is 2. The molecule has 2 aliphatic heterocycles. The number of alkyl halides is 3. The van der Waals surface area contributed by atoms with E-state index in [0.29, 0.717) is 30.8 Å². The molecule has 0 spiro atoms. The van der Waals surface area contributed by atoms with Crippen molar-refractivity contribution in [3.63, 3.8) is 0 Å². The first-order valence-corrected chi connectivity index (χ1v) is 9.03. The molecule has 4 heterocycles. The monoisotopic (exact) mass is 415 g/mol. The van der Waals surface area contributed by atoms with Gasteiger partial charge in [-0.25, -0.2) is 9.97 Å². The molecule has 4 rings (SSSR count). The summed E-state index contributed by atoms with van der Waals surface area (Å²) in [6.45, 7) is 3.23. The largest absolute Gasteiger partial charge is 0.433 e. The Bertz CT molecular complexity index is 857. The summed E-state index contributed by atoms with van der Waals surface area (Å²) in [7, 11) is 0. The first-order chi connectivity index (χ1) is 12.9. The van der Waals surface area contributed by atoms with Gasteiger partial charge in [-0.3, -0.25) is 4.79 Å². The van der Waals surface area contributed by atoms with E-state index in [1.165, 1.54) is 18.3 Å². The van der Waals surface area contributed by atoms with Crippen LogP contribution in [0.4, 0.5) is 19.0 Å². The maximum absolute atomic E-state index is 12.9. The average Bonchev–Trinajstić information content (AvgIpc) is 3.20. The minimum atomic E-state index is -4.49. The number of piperazine rings is 1. The number of fused-ring (bicyclic) bond motifs is 1. The third-order valence-corrected chi connectivity index (χ3v) is 5.08. The molecule has 2 aromatic rings. The number of rotatable bonds is 2. The Morgan fingerprint density at radius 2 is 1.89 bits per heavy atom. The number of hydrogen-bond acceptors (Lipinski definition) is 5. The number of likely N-dealkylation sites (tertiary alicyclic amines) is 1. The lowest BCUT2D eigenvalue weighted by molar-refractivity contribution is -0.141. The van der Waals surface area contributed by atoms with Crippen LogP contribution in [0.5, 0.6) is 0 Å². The van der Waals surface area contributed by atoms with Gasteiger partial charge < -0.3 is 15.1 Å². The summed E-state index contributed by atoms with van der Waals surface area (Å²) < 4.78 is 38.8. The van der Waals surface area contributed by atoms with Crippen LogP contribution >= 0.6 is 12.4 Å². The van der Waals surface area contributed by atoms with Crippen LogP contribution in [0.3, 0.4) is 0 Å². The van der Waals surface area contributed by atoms with Gasteiger partial charge >= 0.3 is 6.18 Å². The smallest absolute Gasteiger partial charge is 0.353 e. The zero-order valence-electron chi connectivity index (χ0n) is 15.1. The van der Waals surface area contributed by atoms with E-state index in [2.05, 4.69) is 15.3 Å². The van der Waals surface area contributed by atoms with Crippen molar-refractivity contribution in [1.29, 1.82) is 0 Å². The molecule has 6 nitrogen and oxygen atoms in total.